The number of amides is 1. The van der Waals surface area contributed by atoms with Gasteiger partial charge in [-0.25, -0.2) is 4.98 Å². The minimum absolute atomic E-state index is 0.0670. The number of para-hydroxylation sites is 1. The van der Waals surface area contributed by atoms with Crippen molar-refractivity contribution in [2.75, 3.05) is 57.4 Å². The molecular weight excluding hydrogens is 436 g/mol. The van der Waals surface area contributed by atoms with Crippen LogP contribution >= 0.6 is 11.6 Å². The summed E-state index contributed by atoms with van der Waals surface area (Å²) in [6.07, 6.45) is 1.05. The third-order valence-electron chi connectivity index (χ3n) is 6.46. The fourth-order valence-corrected chi connectivity index (χ4v) is 4.77. The third-order valence-corrected chi connectivity index (χ3v) is 6.72. The molecule has 0 saturated carbocycles. The number of pyridine rings is 1. The molecule has 0 unspecified atom stereocenters. The molecule has 2 saturated heterocycles. The van der Waals surface area contributed by atoms with E-state index in [4.69, 9.17) is 21.3 Å². The smallest absolute Gasteiger partial charge is 0.254 e. The second-order valence-corrected chi connectivity index (χ2v) is 9.13. The van der Waals surface area contributed by atoms with Crippen LogP contribution in [-0.2, 0) is 11.3 Å². The van der Waals surface area contributed by atoms with E-state index < -0.39 is 0 Å². The molecular formula is C26H29ClN4O2. The van der Waals surface area contributed by atoms with Crippen molar-refractivity contribution in [3.8, 4) is 0 Å². The van der Waals surface area contributed by atoms with Crippen LogP contribution in [0.3, 0.4) is 0 Å². The zero-order chi connectivity index (χ0) is 22.6. The maximum atomic E-state index is 13.4. The molecule has 0 N–H and O–H groups in total. The van der Waals surface area contributed by atoms with E-state index in [1.165, 1.54) is 5.56 Å². The zero-order valence-electron chi connectivity index (χ0n) is 18.8. The number of hydrogen-bond acceptors (Lipinski definition) is 5. The average molecular weight is 465 g/mol. The van der Waals surface area contributed by atoms with Crippen LogP contribution in [0, 0.1) is 0 Å². The molecule has 2 aliphatic rings. The summed E-state index contributed by atoms with van der Waals surface area (Å²) in [6, 6.07) is 18.0. The minimum atomic E-state index is 0.0670. The number of halogens is 1. The van der Waals surface area contributed by atoms with Crippen LogP contribution in [0.2, 0.25) is 5.02 Å². The van der Waals surface area contributed by atoms with E-state index in [0.717, 1.165) is 66.5 Å². The Balaban J connectivity index is 1.36. The van der Waals surface area contributed by atoms with Crippen molar-refractivity contribution < 1.29 is 9.53 Å². The highest BCUT2D eigenvalue weighted by Crippen LogP contribution is 2.26. The number of carbonyl (C=O) groups is 1. The number of carbonyl (C=O) groups excluding carboxylic acids is 1. The van der Waals surface area contributed by atoms with E-state index in [1.807, 2.05) is 47.4 Å². The summed E-state index contributed by atoms with van der Waals surface area (Å²) in [4.78, 5) is 25.0. The number of nitrogens with zero attached hydrogens (tertiary/aromatic N) is 4. The number of rotatable bonds is 4. The monoisotopic (exact) mass is 464 g/mol. The van der Waals surface area contributed by atoms with Gasteiger partial charge in [-0.3, -0.25) is 9.69 Å². The van der Waals surface area contributed by atoms with E-state index in [0.29, 0.717) is 26.3 Å². The first-order valence-electron chi connectivity index (χ1n) is 11.7. The summed E-state index contributed by atoms with van der Waals surface area (Å²) >= 11 is 6.03. The summed E-state index contributed by atoms with van der Waals surface area (Å²) in [5.41, 5.74) is 2.88. The summed E-state index contributed by atoms with van der Waals surface area (Å²) in [5.74, 6) is 0.955. The molecule has 0 spiro atoms. The molecule has 0 bridgehead atoms. The number of hydrogen-bond donors (Lipinski definition) is 0. The molecule has 1 amide bonds. The van der Waals surface area contributed by atoms with Gasteiger partial charge < -0.3 is 14.5 Å². The molecule has 172 valence electrons. The fourth-order valence-electron chi connectivity index (χ4n) is 4.64. The summed E-state index contributed by atoms with van der Waals surface area (Å²) < 4.78 is 5.44. The molecule has 0 atom stereocenters. The Morgan fingerprint density at radius 3 is 2.55 bits per heavy atom. The van der Waals surface area contributed by atoms with Crippen LogP contribution in [0.4, 0.5) is 5.82 Å². The average Bonchev–Trinajstić information content (AvgIpc) is 3.10. The maximum Gasteiger partial charge on any atom is 0.254 e. The van der Waals surface area contributed by atoms with E-state index in [1.54, 1.807) is 0 Å². The zero-order valence-corrected chi connectivity index (χ0v) is 19.5. The molecule has 33 heavy (non-hydrogen) atoms. The molecule has 0 aliphatic carbocycles. The summed E-state index contributed by atoms with van der Waals surface area (Å²) in [5, 5.41) is 1.68. The second-order valence-electron chi connectivity index (χ2n) is 8.69. The molecule has 3 aromatic rings. The number of ether oxygens (including phenoxy) is 1. The van der Waals surface area contributed by atoms with E-state index in [9.17, 15) is 4.79 Å². The highest BCUT2D eigenvalue weighted by Gasteiger charge is 2.23. The largest absolute Gasteiger partial charge is 0.378 e. The van der Waals surface area contributed by atoms with Gasteiger partial charge in [-0.2, -0.15) is 0 Å². The van der Waals surface area contributed by atoms with Crippen molar-refractivity contribution in [1.29, 1.82) is 0 Å². The van der Waals surface area contributed by atoms with Crippen molar-refractivity contribution >= 4 is 34.2 Å². The Morgan fingerprint density at radius 2 is 1.73 bits per heavy atom. The fraction of sp³-hybridized carbons (Fsp3) is 0.385. The van der Waals surface area contributed by atoms with Crippen molar-refractivity contribution in [3.05, 3.63) is 70.7 Å². The molecule has 3 heterocycles. The standard InChI is InChI=1S/C26H29ClN4O2/c27-21-8-6-20(7-9-21)19-29-10-3-11-30(13-12-29)25-18-23(22-4-1-2-5-24(22)28-25)26(32)31-14-16-33-17-15-31/h1-2,4-9,18H,3,10-17,19H2. The molecule has 6 nitrogen and oxygen atoms in total. The lowest BCUT2D eigenvalue weighted by atomic mass is 10.1. The van der Waals surface area contributed by atoms with Crippen LogP contribution in [0.15, 0.2) is 54.6 Å². The summed E-state index contributed by atoms with van der Waals surface area (Å²) in [7, 11) is 0. The number of fused-ring (bicyclic) bond motifs is 1. The number of anilines is 1. The Labute approximate surface area is 199 Å². The first-order valence-corrected chi connectivity index (χ1v) is 12.0. The number of benzene rings is 2. The Bertz CT molecular complexity index is 1110. The third kappa shape index (κ3) is 5.13. The maximum absolute atomic E-state index is 13.4. The van der Waals surface area contributed by atoms with E-state index in [-0.39, 0.29) is 5.91 Å². The topological polar surface area (TPSA) is 48.9 Å². The lowest BCUT2D eigenvalue weighted by Crippen LogP contribution is -2.41. The van der Waals surface area contributed by atoms with Crippen LogP contribution in [-0.4, -0.2) is 73.2 Å². The lowest BCUT2D eigenvalue weighted by Gasteiger charge is -2.28. The SMILES string of the molecule is O=C(c1cc(N2CCCN(Cc3ccc(Cl)cc3)CC2)nc2ccccc12)N1CCOCC1. The van der Waals surface area contributed by atoms with Crippen molar-refractivity contribution in [3.63, 3.8) is 0 Å². The van der Waals surface area contributed by atoms with Crippen molar-refractivity contribution in [2.24, 2.45) is 0 Å². The quantitative estimate of drug-likeness (QED) is 0.582. The lowest BCUT2D eigenvalue weighted by molar-refractivity contribution is 0.0304. The van der Waals surface area contributed by atoms with Gasteiger partial charge in [0.1, 0.15) is 5.82 Å². The first-order chi connectivity index (χ1) is 16.2. The van der Waals surface area contributed by atoms with Crippen LogP contribution in [0.1, 0.15) is 22.3 Å². The minimum Gasteiger partial charge on any atom is -0.378 e. The van der Waals surface area contributed by atoms with Crippen LogP contribution in [0.25, 0.3) is 10.9 Å². The van der Waals surface area contributed by atoms with Gasteiger partial charge in [0.25, 0.3) is 5.91 Å². The molecule has 2 aliphatic heterocycles. The highest BCUT2D eigenvalue weighted by atomic mass is 35.5. The number of aromatic nitrogens is 1. The van der Waals surface area contributed by atoms with Gasteiger partial charge in [-0.05, 0) is 36.2 Å². The van der Waals surface area contributed by atoms with E-state index in [2.05, 4.69) is 21.9 Å². The predicted molar refractivity (Wildman–Crippen MR) is 132 cm³/mol. The van der Waals surface area contributed by atoms with Gasteiger partial charge in [0.2, 0.25) is 0 Å². The summed E-state index contributed by atoms with van der Waals surface area (Å²) in [6.45, 7) is 7.15. The first kappa shape index (κ1) is 22.1. The van der Waals surface area contributed by atoms with Gasteiger partial charge in [-0.1, -0.05) is 41.9 Å². The molecule has 5 rings (SSSR count). The van der Waals surface area contributed by atoms with Crippen molar-refractivity contribution in [2.45, 2.75) is 13.0 Å². The van der Waals surface area contributed by atoms with Crippen LogP contribution < -0.4 is 4.90 Å². The van der Waals surface area contributed by atoms with Gasteiger partial charge in [-0.15, -0.1) is 0 Å². The number of morpholine rings is 1. The van der Waals surface area contributed by atoms with Crippen LogP contribution in [0.5, 0.6) is 0 Å². The molecule has 1 aromatic heterocycles. The molecule has 2 fully saturated rings. The Hall–Kier alpha value is -2.67. The Kier molecular flexibility index (Phi) is 6.76. The molecule has 2 aromatic carbocycles. The molecule has 0 radical (unpaired) electrons. The van der Waals surface area contributed by atoms with Gasteiger partial charge in [0.05, 0.1) is 24.3 Å². The van der Waals surface area contributed by atoms with E-state index >= 15 is 0 Å². The van der Waals surface area contributed by atoms with Gasteiger partial charge in [0, 0.05) is 56.2 Å². The molecule has 7 heteroatoms. The normalized spacial score (nSPS) is 17.8. The van der Waals surface area contributed by atoms with Gasteiger partial charge >= 0.3 is 0 Å². The predicted octanol–water partition coefficient (Wildman–Crippen LogP) is 4.07. The Morgan fingerprint density at radius 1 is 0.939 bits per heavy atom. The van der Waals surface area contributed by atoms with Gasteiger partial charge in [0.15, 0.2) is 0 Å². The second kappa shape index (κ2) is 10.1. The highest BCUT2D eigenvalue weighted by molar-refractivity contribution is 6.30. The van der Waals surface area contributed by atoms with Crippen molar-refractivity contribution in [1.82, 2.24) is 14.8 Å².